The molecule has 3 N–H and O–H groups in total. The molecule has 19 heavy (non-hydrogen) atoms. The van der Waals surface area contributed by atoms with E-state index in [4.69, 9.17) is 14.3 Å². The van der Waals surface area contributed by atoms with Crippen molar-refractivity contribution in [1.29, 1.82) is 0 Å². The first kappa shape index (κ1) is 15.0. The second kappa shape index (κ2) is 8.15. The van der Waals surface area contributed by atoms with Crippen LogP contribution >= 0.6 is 0 Å². The lowest BCUT2D eigenvalue weighted by Crippen LogP contribution is -2.42. The Morgan fingerprint density at radius 2 is 2.32 bits per heavy atom. The van der Waals surface area contributed by atoms with Gasteiger partial charge in [0.2, 0.25) is 0 Å². The van der Waals surface area contributed by atoms with Gasteiger partial charge in [0, 0.05) is 19.0 Å². The average Bonchev–Trinajstić information content (AvgIpc) is 2.80. The van der Waals surface area contributed by atoms with Crippen LogP contribution in [0.1, 0.15) is 12.7 Å². The Kier molecular flexibility index (Phi) is 6.45. The summed E-state index contributed by atoms with van der Waals surface area (Å²) in [4.78, 5) is 21.6. The van der Waals surface area contributed by atoms with Crippen LogP contribution < -0.4 is 10.6 Å². The van der Waals surface area contributed by atoms with E-state index in [1.165, 1.54) is 0 Å². The number of carboxylic acid groups (broad SMARTS) is 1. The maximum atomic E-state index is 11.5. The molecule has 7 nitrogen and oxygen atoms in total. The summed E-state index contributed by atoms with van der Waals surface area (Å²) in [6.07, 6.45) is 2.19. The standard InChI is InChI=1S/C12H18N2O5/c1-9(7-10-3-2-5-19-10)14-12(17)13-4-6-18-8-11(15)16/h2-3,5,9H,4,6-8H2,1H3,(H,15,16)(H2,13,14,17). The monoisotopic (exact) mass is 270 g/mol. The molecule has 0 aliphatic rings. The van der Waals surface area contributed by atoms with Crippen LogP contribution in [0.5, 0.6) is 0 Å². The lowest BCUT2D eigenvalue weighted by molar-refractivity contribution is -0.142. The molecule has 0 aliphatic heterocycles. The molecule has 0 radical (unpaired) electrons. The molecule has 0 bridgehead atoms. The van der Waals surface area contributed by atoms with Crippen molar-refractivity contribution < 1.29 is 23.8 Å². The smallest absolute Gasteiger partial charge is 0.329 e. The van der Waals surface area contributed by atoms with Crippen molar-refractivity contribution >= 4 is 12.0 Å². The van der Waals surface area contributed by atoms with Crippen LogP contribution in [0.25, 0.3) is 0 Å². The summed E-state index contributed by atoms with van der Waals surface area (Å²) < 4.78 is 9.95. The minimum atomic E-state index is -1.03. The van der Waals surface area contributed by atoms with Crippen molar-refractivity contribution in [2.75, 3.05) is 19.8 Å². The number of amides is 2. The van der Waals surface area contributed by atoms with Gasteiger partial charge in [-0.2, -0.15) is 0 Å². The van der Waals surface area contributed by atoms with E-state index in [1.807, 2.05) is 13.0 Å². The summed E-state index contributed by atoms with van der Waals surface area (Å²) in [5.41, 5.74) is 0. The van der Waals surface area contributed by atoms with Crippen molar-refractivity contribution in [3.8, 4) is 0 Å². The molecule has 0 saturated heterocycles. The van der Waals surface area contributed by atoms with E-state index in [0.29, 0.717) is 6.42 Å². The second-order valence-corrected chi connectivity index (χ2v) is 4.03. The average molecular weight is 270 g/mol. The number of carboxylic acids is 1. The van der Waals surface area contributed by atoms with Gasteiger partial charge < -0.3 is 24.9 Å². The van der Waals surface area contributed by atoms with Crippen molar-refractivity contribution in [3.63, 3.8) is 0 Å². The molecule has 0 spiro atoms. The fraction of sp³-hybridized carbons (Fsp3) is 0.500. The third-order valence-corrected chi connectivity index (χ3v) is 2.22. The summed E-state index contributed by atoms with van der Waals surface area (Å²) in [6, 6.07) is 3.25. The number of ether oxygens (including phenoxy) is 1. The number of hydrogen-bond donors (Lipinski definition) is 3. The molecular formula is C12H18N2O5. The number of hydrogen-bond acceptors (Lipinski definition) is 4. The Bertz CT molecular complexity index is 391. The molecule has 0 aromatic carbocycles. The third-order valence-electron chi connectivity index (χ3n) is 2.22. The van der Waals surface area contributed by atoms with Gasteiger partial charge in [0.25, 0.3) is 0 Å². The van der Waals surface area contributed by atoms with Gasteiger partial charge in [-0.25, -0.2) is 9.59 Å². The van der Waals surface area contributed by atoms with Gasteiger partial charge in [-0.3, -0.25) is 0 Å². The van der Waals surface area contributed by atoms with Crippen molar-refractivity contribution in [2.24, 2.45) is 0 Å². The number of rotatable bonds is 8. The molecule has 2 amide bonds. The Morgan fingerprint density at radius 3 is 2.95 bits per heavy atom. The van der Waals surface area contributed by atoms with Gasteiger partial charge in [-0.05, 0) is 19.1 Å². The minimum absolute atomic E-state index is 0.0638. The Balaban J connectivity index is 2.08. The number of carbonyl (C=O) groups is 2. The SMILES string of the molecule is CC(Cc1ccco1)NC(=O)NCCOCC(=O)O. The van der Waals surface area contributed by atoms with Gasteiger partial charge in [0.1, 0.15) is 12.4 Å². The molecule has 106 valence electrons. The molecule has 1 aromatic heterocycles. The van der Waals surface area contributed by atoms with Crippen LogP contribution in [0, 0.1) is 0 Å². The van der Waals surface area contributed by atoms with Crippen molar-refractivity contribution in [2.45, 2.75) is 19.4 Å². The predicted octanol–water partition coefficient (Wildman–Crippen LogP) is 0.611. The van der Waals surface area contributed by atoms with Crippen LogP contribution in [0.15, 0.2) is 22.8 Å². The van der Waals surface area contributed by atoms with Crippen LogP contribution in [-0.4, -0.2) is 42.9 Å². The second-order valence-electron chi connectivity index (χ2n) is 4.03. The van der Waals surface area contributed by atoms with Crippen LogP contribution in [-0.2, 0) is 16.0 Å². The fourth-order valence-corrected chi connectivity index (χ4v) is 1.45. The lowest BCUT2D eigenvalue weighted by Gasteiger charge is -2.13. The lowest BCUT2D eigenvalue weighted by atomic mass is 10.2. The normalized spacial score (nSPS) is 11.8. The molecular weight excluding hydrogens is 252 g/mol. The fourth-order valence-electron chi connectivity index (χ4n) is 1.45. The summed E-state index contributed by atoms with van der Waals surface area (Å²) in [7, 11) is 0. The van der Waals surface area contributed by atoms with Crippen LogP contribution in [0.3, 0.4) is 0 Å². The highest BCUT2D eigenvalue weighted by Crippen LogP contribution is 2.03. The summed E-state index contributed by atoms with van der Waals surface area (Å²) in [6.45, 7) is 1.92. The van der Waals surface area contributed by atoms with E-state index in [1.54, 1.807) is 12.3 Å². The molecule has 1 atom stereocenters. The number of carbonyl (C=O) groups excluding carboxylic acids is 1. The minimum Gasteiger partial charge on any atom is -0.480 e. The van der Waals surface area contributed by atoms with E-state index in [-0.39, 0.29) is 31.8 Å². The van der Waals surface area contributed by atoms with Gasteiger partial charge in [0.15, 0.2) is 0 Å². The highest BCUT2D eigenvalue weighted by molar-refractivity contribution is 5.74. The Labute approximate surface area is 110 Å². The van der Waals surface area contributed by atoms with E-state index in [0.717, 1.165) is 5.76 Å². The zero-order valence-corrected chi connectivity index (χ0v) is 10.7. The summed E-state index contributed by atoms with van der Waals surface area (Å²) in [5.74, 6) is -0.228. The first-order valence-corrected chi connectivity index (χ1v) is 5.94. The molecule has 7 heteroatoms. The van der Waals surface area contributed by atoms with Gasteiger partial charge in [0.05, 0.1) is 12.9 Å². The van der Waals surface area contributed by atoms with Gasteiger partial charge in [-0.1, -0.05) is 0 Å². The van der Waals surface area contributed by atoms with Gasteiger partial charge in [-0.15, -0.1) is 0 Å². The molecule has 0 aliphatic carbocycles. The highest BCUT2D eigenvalue weighted by Gasteiger charge is 2.08. The summed E-state index contributed by atoms with van der Waals surface area (Å²) >= 11 is 0. The van der Waals surface area contributed by atoms with E-state index in [9.17, 15) is 9.59 Å². The molecule has 0 fully saturated rings. The quantitative estimate of drug-likeness (QED) is 0.601. The number of nitrogens with one attached hydrogen (secondary N) is 2. The Morgan fingerprint density at radius 1 is 1.53 bits per heavy atom. The molecule has 1 heterocycles. The zero-order valence-electron chi connectivity index (χ0n) is 10.7. The number of urea groups is 1. The summed E-state index contributed by atoms with van der Waals surface area (Å²) in [5, 5.41) is 13.6. The molecule has 1 aromatic rings. The first-order chi connectivity index (χ1) is 9.08. The molecule has 1 unspecified atom stereocenters. The maximum absolute atomic E-state index is 11.5. The Hall–Kier alpha value is -2.02. The number of aliphatic carboxylic acids is 1. The van der Waals surface area contributed by atoms with Gasteiger partial charge >= 0.3 is 12.0 Å². The largest absolute Gasteiger partial charge is 0.480 e. The van der Waals surface area contributed by atoms with E-state index in [2.05, 4.69) is 10.6 Å². The topological polar surface area (TPSA) is 101 Å². The van der Waals surface area contributed by atoms with Crippen molar-refractivity contribution in [3.05, 3.63) is 24.2 Å². The highest BCUT2D eigenvalue weighted by atomic mass is 16.5. The molecule has 1 rings (SSSR count). The van der Waals surface area contributed by atoms with Crippen molar-refractivity contribution in [1.82, 2.24) is 10.6 Å². The predicted molar refractivity (Wildman–Crippen MR) is 66.9 cm³/mol. The van der Waals surface area contributed by atoms with Crippen LogP contribution in [0.4, 0.5) is 4.79 Å². The zero-order chi connectivity index (χ0) is 14.1. The number of furan rings is 1. The van der Waals surface area contributed by atoms with E-state index < -0.39 is 5.97 Å². The third kappa shape index (κ3) is 7.10. The maximum Gasteiger partial charge on any atom is 0.329 e. The van der Waals surface area contributed by atoms with Crippen LogP contribution in [0.2, 0.25) is 0 Å². The van der Waals surface area contributed by atoms with E-state index >= 15 is 0 Å². The molecule has 0 saturated carbocycles. The first-order valence-electron chi connectivity index (χ1n) is 5.94.